The van der Waals surface area contributed by atoms with Gasteiger partial charge in [-0.2, -0.15) is 0 Å². The van der Waals surface area contributed by atoms with Gasteiger partial charge in [0.15, 0.2) is 3.79 Å². The molecule has 0 spiro atoms. The van der Waals surface area contributed by atoms with E-state index in [9.17, 15) is 0 Å². The molecular formula is C6H11Cl3O3. The smallest absolute Gasteiger partial charge is 0.275 e. The van der Waals surface area contributed by atoms with Crippen LogP contribution in [0.3, 0.4) is 0 Å². The van der Waals surface area contributed by atoms with Gasteiger partial charge in [0.25, 0.3) is 5.97 Å². The number of rotatable bonds is 4. The molecule has 6 heteroatoms. The highest BCUT2D eigenvalue weighted by Gasteiger charge is 2.21. The maximum Gasteiger partial charge on any atom is 0.275 e. The first kappa shape index (κ1) is 12.8. The molecule has 0 aromatic carbocycles. The minimum atomic E-state index is -2.60. The van der Waals surface area contributed by atoms with Crippen LogP contribution in [0.25, 0.3) is 0 Å². The zero-order valence-electron chi connectivity index (χ0n) is 6.30. The normalized spacial score (nSPS) is 13.5. The molecule has 0 amide bonds. The highest BCUT2D eigenvalue weighted by Crippen LogP contribution is 2.32. The fourth-order valence-corrected chi connectivity index (χ4v) is 1.09. The molecule has 0 aliphatic carbocycles. The molecule has 74 valence electrons. The lowest BCUT2D eigenvalue weighted by Crippen LogP contribution is -2.26. The topological polar surface area (TPSA) is 60.7 Å². The maximum absolute atomic E-state index is 8.46. The molecule has 0 aliphatic heterocycles. The van der Waals surface area contributed by atoms with E-state index in [2.05, 4.69) is 0 Å². The van der Waals surface area contributed by atoms with Gasteiger partial charge in [0, 0.05) is 6.42 Å². The zero-order chi connectivity index (χ0) is 9.83. The van der Waals surface area contributed by atoms with E-state index < -0.39 is 9.77 Å². The van der Waals surface area contributed by atoms with Crippen molar-refractivity contribution >= 4 is 34.8 Å². The lowest BCUT2D eigenvalue weighted by atomic mass is 10.2. The average Bonchev–Trinajstić information content (AvgIpc) is 1.76. The Morgan fingerprint density at radius 1 is 0.833 bits per heavy atom. The molecular weight excluding hydrogens is 226 g/mol. The van der Waals surface area contributed by atoms with Gasteiger partial charge >= 0.3 is 0 Å². The second kappa shape index (κ2) is 4.84. The third-order valence-electron chi connectivity index (χ3n) is 1.22. The van der Waals surface area contributed by atoms with Crippen LogP contribution in [0.4, 0.5) is 0 Å². The second-order valence-corrected chi connectivity index (χ2v) is 5.11. The number of aliphatic hydroxyl groups is 3. The maximum atomic E-state index is 8.46. The van der Waals surface area contributed by atoms with Crippen molar-refractivity contribution < 1.29 is 15.3 Å². The Morgan fingerprint density at radius 2 is 1.25 bits per heavy atom. The van der Waals surface area contributed by atoms with Crippen molar-refractivity contribution in [1.29, 1.82) is 0 Å². The first-order chi connectivity index (χ1) is 5.21. The Bertz CT molecular complexity index is 111. The lowest BCUT2D eigenvalue weighted by molar-refractivity contribution is -0.315. The molecule has 0 radical (unpaired) electrons. The minimum Gasteiger partial charge on any atom is -0.344 e. The highest BCUT2D eigenvalue weighted by molar-refractivity contribution is 6.67. The van der Waals surface area contributed by atoms with Crippen LogP contribution >= 0.6 is 34.8 Å². The summed E-state index contributed by atoms with van der Waals surface area (Å²) in [6.07, 6.45) is 1.08. The van der Waals surface area contributed by atoms with Crippen LogP contribution in [0.15, 0.2) is 0 Å². The molecule has 0 saturated heterocycles. The van der Waals surface area contributed by atoms with Crippen molar-refractivity contribution in [2.45, 2.75) is 35.4 Å². The molecule has 12 heavy (non-hydrogen) atoms. The summed E-state index contributed by atoms with van der Waals surface area (Å²) < 4.78 is -1.30. The Hall–Kier alpha value is 0.750. The SMILES string of the molecule is OC(O)(O)CCCCC(Cl)(Cl)Cl. The highest BCUT2D eigenvalue weighted by atomic mass is 35.6. The van der Waals surface area contributed by atoms with Gasteiger partial charge in [-0.1, -0.05) is 34.8 Å². The number of alkyl halides is 3. The third-order valence-corrected chi connectivity index (χ3v) is 1.79. The first-order valence-electron chi connectivity index (χ1n) is 3.44. The van der Waals surface area contributed by atoms with Gasteiger partial charge < -0.3 is 15.3 Å². The molecule has 0 rings (SSSR count). The van der Waals surface area contributed by atoms with Crippen molar-refractivity contribution in [2.75, 3.05) is 0 Å². The molecule has 0 unspecified atom stereocenters. The molecule has 3 N–H and O–H groups in total. The zero-order valence-corrected chi connectivity index (χ0v) is 8.57. The fourth-order valence-electron chi connectivity index (χ4n) is 0.688. The van der Waals surface area contributed by atoms with E-state index in [0.29, 0.717) is 19.3 Å². The van der Waals surface area contributed by atoms with Crippen molar-refractivity contribution in [3.05, 3.63) is 0 Å². The second-order valence-electron chi connectivity index (χ2n) is 2.60. The monoisotopic (exact) mass is 236 g/mol. The van der Waals surface area contributed by atoms with E-state index in [0.717, 1.165) is 0 Å². The average molecular weight is 238 g/mol. The number of hydrogen-bond acceptors (Lipinski definition) is 3. The quantitative estimate of drug-likeness (QED) is 0.395. The van der Waals surface area contributed by atoms with Gasteiger partial charge in [0.1, 0.15) is 0 Å². The summed E-state index contributed by atoms with van der Waals surface area (Å²) in [5.74, 6) is -2.60. The van der Waals surface area contributed by atoms with Crippen LogP contribution in [0.5, 0.6) is 0 Å². The van der Waals surface area contributed by atoms with Crippen LogP contribution < -0.4 is 0 Å². The summed E-state index contributed by atoms with van der Waals surface area (Å²) >= 11 is 16.3. The van der Waals surface area contributed by atoms with Gasteiger partial charge in [-0.15, -0.1) is 0 Å². The van der Waals surface area contributed by atoms with Crippen LogP contribution in [0, 0.1) is 0 Å². The molecule has 0 saturated carbocycles. The van der Waals surface area contributed by atoms with E-state index in [1.807, 2.05) is 0 Å². The van der Waals surface area contributed by atoms with E-state index >= 15 is 0 Å². The summed E-state index contributed by atoms with van der Waals surface area (Å²) in [7, 11) is 0. The Balaban J connectivity index is 3.35. The van der Waals surface area contributed by atoms with E-state index in [-0.39, 0.29) is 6.42 Å². The molecule has 0 aromatic rings. The largest absolute Gasteiger partial charge is 0.344 e. The van der Waals surface area contributed by atoms with Gasteiger partial charge in [0.2, 0.25) is 0 Å². The molecule has 0 atom stereocenters. The number of halogens is 3. The van der Waals surface area contributed by atoms with Gasteiger partial charge in [-0.3, -0.25) is 0 Å². The summed E-state index contributed by atoms with van der Waals surface area (Å²) in [6.45, 7) is 0. The summed E-state index contributed by atoms with van der Waals surface area (Å²) in [5.41, 5.74) is 0. The molecule has 0 fully saturated rings. The predicted octanol–water partition coefficient (Wildman–Crippen LogP) is 1.55. The molecule has 0 aliphatic rings. The Labute approximate surface area is 85.9 Å². The van der Waals surface area contributed by atoms with Gasteiger partial charge in [-0.25, -0.2) is 0 Å². The third kappa shape index (κ3) is 10.8. The predicted molar refractivity (Wildman–Crippen MR) is 48.1 cm³/mol. The van der Waals surface area contributed by atoms with E-state index in [1.54, 1.807) is 0 Å². The molecule has 0 heterocycles. The van der Waals surface area contributed by atoms with Crippen LogP contribution in [-0.4, -0.2) is 25.1 Å². The van der Waals surface area contributed by atoms with Crippen LogP contribution in [-0.2, 0) is 0 Å². The van der Waals surface area contributed by atoms with Crippen LogP contribution in [0.1, 0.15) is 25.7 Å². The lowest BCUT2D eigenvalue weighted by Gasteiger charge is -2.14. The number of unbranched alkanes of at least 4 members (excludes halogenated alkanes) is 1. The fraction of sp³-hybridized carbons (Fsp3) is 1.00. The van der Waals surface area contributed by atoms with Crippen molar-refractivity contribution in [2.24, 2.45) is 0 Å². The van der Waals surface area contributed by atoms with Gasteiger partial charge in [-0.05, 0) is 19.3 Å². The van der Waals surface area contributed by atoms with E-state index in [4.69, 9.17) is 50.1 Å². The molecule has 3 nitrogen and oxygen atoms in total. The summed E-state index contributed by atoms with van der Waals surface area (Å²) in [5, 5.41) is 25.4. The standard InChI is InChI=1S/C6H11Cl3O3/c7-5(8,9)3-1-2-4-6(10,11)12/h10-12H,1-4H2. The molecule has 0 bridgehead atoms. The van der Waals surface area contributed by atoms with Crippen molar-refractivity contribution in [3.8, 4) is 0 Å². The summed E-state index contributed by atoms with van der Waals surface area (Å²) in [4.78, 5) is 0. The summed E-state index contributed by atoms with van der Waals surface area (Å²) in [6, 6.07) is 0. The molecule has 0 aromatic heterocycles. The van der Waals surface area contributed by atoms with E-state index in [1.165, 1.54) is 0 Å². The Kier molecular flexibility index (Phi) is 5.14. The van der Waals surface area contributed by atoms with Crippen LogP contribution in [0.2, 0.25) is 0 Å². The van der Waals surface area contributed by atoms with Crippen molar-refractivity contribution in [3.63, 3.8) is 0 Å². The Morgan fingerprint density at radius 3 is 1.58 bits per heavy atom. The van der Waals surface area contributed by atoms with Crippen molar-refractivity contribution in [1.82, 2.24) is 0 Å². The first-order valence-corrected chi connectivity index (χ1v) is 4.58. The minimum absolute atomic E-state index is 0.145. The number of hydrogen-bond donors (Lipinski definition) is 3. The van der Waals surface area contributed by atoms with Gasteiger partial charge in [0.05, 0.1) is 0 Å².